The lowest BCUT2D eigenvalue weighted by Gasteiger charge is -2.28. The highest BCUT2D eigenvalue weighted by Crippen LogP contribution is 2.01. The minimum atomic E-state index is 0.924. The average Bonchev–Trinajstić information content (AvgIpc) is 2.31. The summed E-state index contributed by atoms with van der Waals surface area (Å²) in [6.07, 6.45) is 3.86. The summed E-state index contributed by atoms with van der Waals surface area (Å²) >= 11 is 0. The van der Waals surface area contributed by atoms with Gasteiger partial charge in [0.05, 0.1) is 13.2 Å². The maximum atomic E-state index is 5.35. The van der Waals surface area contributed by atoms with E-state index in [1.54, 1.807) is 0 Å². The van der Waals surface area contributed by atoms with Crippen LogP contribution in [-0.4, -0.2) is 62.3 Å². The Kier molecular flexibility index (Phi) is 7.81. The third-order valence-electron chi connectivity index (χ3n) is 3.13. The lowest BCUT2D eigenvalue weighted by Crippen LogP contribution is -2.38. The van der Waals surface area contributed by atoms with Gasteiger partial charge in [0.2, 0.25) is 0 Å². The van der Waals surface area contributed by atoms with E-state index in [4.69, 9.17) is 4.74 Å². The molecule has 0 saturated carbocycles. The summed E-state index contributed by atoms with van der Waals surface area (Å²) in [6, 6.07) is 0. The molecule has 1 saturated heterocycles. The minimum Gasteiger partial charge on any atom is -0.379 e. The van der Waals surface area contributed by atoms with Crippen molar-refractivity contribution in [3.05, 3.63) is 0 Å². The van der Waals surface area contributed by atoms with E-state index in [-0.39, 0.29) is 0 Å². The summed E-state index contributed by atoms with van der Waals surface area (Å²) in [5.74, 6) is 0. The molecule has 16 heavy (non-hydrogen) atoms. The normalized spacial score (nSPS) is 18.2. The van der Waals surface area contributed by atoms with E-state index in [1.807, 2.05) is 0 Å². The van der Waals surface area contributed by atoms with Gasteiger partial charge in [-0.15, -0.1) is 0 Å². The molecule has 0 aromatic carbocycles. The van der Waals surface area contributed by atoms with Crippen molar-refractivity contribution >= 4 is 0 Å². The fourth-order valence-corrected chi connectivity index (χ4v) is 2.31. The molecule has 0 N–H and O–H groups in total. The van der Waals surface area contributed by atoms with Gasteiger partial charge in [0.25, 0.3) is 0 Å². The smallest absolute Gasteiger partial charge is 0.0594 e. The summed E-state index contributed by atoms with van der Waals surface area (Å²) in [4.78, 5) is 5.13. The van der Waals surface area contributed by atoms with E-state index in [9.17, 15) is 0 Å². The number of hydrogen-bond donors (Lipinski definition) is 0. The zero-order valence-electron chi connectivity index (χ0n) is 11.1. The number of morpholine rings is 1. The summed E-state index contributed by atoms with van der Waals surface area (Å²) in [5, 5.41) is 0. The van der Waals surface area contributed by atoms with Crippen molar-refractivity contribution in [1.29, 1.82) is 0 Å². The molecule has 1 aliphatic heterocycles. The molecule has 96 valence electrons. The molecular weight excluding hydrogens is 200 g/mol. The van der Waals surface area contributed by atoms with Crippen LogP contribution in [0.5, 0.6) is 0 Å². The molecule has 0 spiro atoms. The molecule has 1 heterocycles. The van der Waals surface area contributed by atoms with E-state index in [1.165, 1.54) is 45.4 Å². The zero-order valence-corrected chi connectivity index (χ0v) is 11.1. The zero-order chi connectivity index (χ0) is 11.6. The lowest BCUT2D eigenvalue weighted by molar-refractivity contribution is 0.0361. The van der Waals surface area contributed by atoms with Gasteiger partial charge in [-0.3, -0.25) is 4.90 Å². The Morgan fingerprint density at radius 2 is 1.62 bits per heavy atom. The molecule has 1 aliphatic rings. The van der Waals surface area contributed by atoms with E-state index >= 15 is 0 Å². The van der Waals surface area contributed by atoms with Gasteiger partial charge in [-0.25, -0.2) is 0 Å². The van der Waals surface area contributed by atoms with Crippen LogP contribution >= 0.6 is 0 Å². The summed E-state index contributed by atoms with van der Waals surface area (Å²) < 4.78 is 5.35. The van der Waals surface area contributed by atoms with Crippen LogP contribution in [0.3, 0.4) is 0 Å². The first-order valence-corrected chi connectivity index (χ1v) is 6.89. The van der Waals surface area contributed by atoms with Gasteiger partial charge >= 0.3 is 0 Å². The van der Waals surface area contributed by atoms with E-state index in [2.05, 4.69) is 23.6 Å². The highest BCUT2D eigenvalue weighted by atomic mass is 16.5. The van der Waals surface area contributed by atoms with Gasteiger partial charge in [0.1, 0.15) is 0 Å². The highest BCUT2D eigenvalue weighted by molar-refractivity contribution is 4.64. The average molecular weight is 228 g/mol. The highest BCUT2D eigenvalue weighted by Gasteiger charge is 2.10. The topological polar surface area (TPSA) is 15.7 Å². The fraction of sp³-hybridized carbons (Fsp3) is 1.00. The van der Waals surface area contributed by atoms with Crippen molar-refractivity contribution < 1.29 is 4.74 Å². The number of nitrogens with zero attached hydrogens (tertiary/aromatic N) is 2. The van der Waals surface area contributed by atoms with Gasteiger partial charge in [0.15, 0.2) is 0 Å². The monoisotopic (exact) mass is 228 g/mol. The van der Waals surface area contributed by atoms with Crippen molar-refractivity contribution in [2.75, 3.05) is 52.5 Å². The first-order valence-electron chi connectivity index (χ1n) is 6.89. The maximum Gasteiger partial charge on any atom is 0.0594 e. The Labute approximate surface area is 101 Å². The molecule has 0 unspecified atom stereocenters. The molecule has 1 rings (SSSR count). The minimum absolute atomic E-state index is 0.924. The molecule has 3 heteroatoms. The number of rotatable bonds is 8. The van der Waals surface area contributed by atoms with Crippen molar-refractivity contribution in [1.82, 2.24) is 9.80 Å². The lowest BCUT2D eigenvalue weighted by atomic mass is 10.3. The summed E-state index contributed by atoms with van der Waals surface area (Å²) in [5.41, 5.74) is 0. The summed E-state index contributed by atoms with van der Waals surface area (Å²) in [7, 11) is 0. The SMILES string of the molecule is CCCN(CCC)CCCN1CCOCC1. The van der Waals surface area contributed by atoms with Crippen LogP contribution in [0.15, 0.2) is 0 Å². The molecule has 3 nitrogen and oxygen atoms in total. The van der Waals surface area contributed by atoms with E-state index in [0.29, 0.717) is 0 Å². The molecule has 0 radical (unpaired) electrons. The number of ether oxygens (including phenoxy) is 1. The Bertz CT molecular complexity index is 152. The standard InChI is InChI=1S/C13H28N2O/c1-3-6-14(7-4-2)8-5-9-15-10-12-16-13-11-15/h3-13H2,1-2H3. The van der Waals surface area contributed by atoms with Crippen LogP contribution in [0.2, 0.25) is 0 Å². The van der Waals surface area contributed by atoms with Crippen molar-refractivity contribution in [3.8, 4) is 0 Å². The Morgan fingerprint density at radius 3 is 2.19 bits per heavy atom. The summed E-state index contributed by atoms with van der Waals surface area (Å²) in [6.45, 7) is 13.7. The van der Waals surface area contributed by atoms with Gasteiger partial charge in [0, 0.05) is 13.1 Å². The Balaban J connectivity index is 2.06. The molecule has 0 amide bonds. The molecule has 0 atom stereocenters. The van der Waals surface area contributed by atoms with Crippen LogP contribution in [0, 0.1) is 0 Å². The maximum absolute atomic E-state index is 5.35. The molecule has 1 fully saturated rings. The van der Waals surface area contributed by atoms with E-state index in [0.717, 1.165) is 26.3 Å². The van der Waals surface area contributed by atoms with Crippen LogP contribution in [0.4, 0.5) is 0 Å². The Morgan fingerprint density at radius 1 is 1.00 bits per heavy atom. The van der Waals surface area contributed by atoms with Gasteiger partial charge in [-0.05, 0) is 45.4 Å². The van der Waals surface area contributed by atoms with Crippen LogP contribution in [0.1, 0.15) is 33.1 Å². The van der Waals surface area contributed by atoms with Gasteiger partial charge in [-0.2, -0.15) is 0 Å². The molecular formula is C13H28N2O. The Hall–Kier alpha value is -0.120. The van der Waals surface area contributed by atoms with Gasteiger partial charge < -0.3 is 9.64 Å². The predicted molar refractivity (Wildman–Crippen MR) is 68.9 cm³/mol. The molecule has 0 aromatic rings. The van der Waals surface area contributed by atoms with Crippen molar-refractivity contribution in [2.45, 2.75) is 33.1 Å². The largest absolute Gasteiger partial charge is 0.379 e. The molecule has 0 bridgehead atoms. The predicted octanol–water partition coefficient (Wildman–Crippen LogP) is 1.83. The number of hydrogen-bond acceptors (Lipinski definition) is 3. The van der Waals surface area contributed by atoms with Crippen LogP contribution in [0.25, 0.3) is 0 Å². The van der Waals surface area contributed by atoms with Crippen LogP contribution < -0.4 is 0 Å². The second-order valence-electron chi connectivity index (χ2n) is 4.65. The third kappa shape index (κ3) is 5.83. The molecule has 0 aromatic heterocycles. The second kappa shape index (κ2) is 8.97. The third-order valence-corrected chi connectivity index (χ3v) is 3.13. The quantitative estimate of drug-likeness (QED) is 0.630. The van der Waals surface area contributed by atoms with Crippen LogP contribution in [-0.2, 0) is 4.74 Å². The second-order valence-corrected chi connectivity index (χ2v) is 4.65. The van der Waals surface area contributed by atoms with Gasteiger partial charge in [-0.1, -0.05) is 13.8 Å². The van der Waals surface area contributed by atoms with Crippen molar-refractivity contribution in [3.63, 3.8) is 0 Å². The first-order chi connectivity index (χ1) is 7.86. The fourth-order valence-electron chi connectivity index (χ4n) is 2.31. The van der Waals surface area contributed by atoms with Crippen molar-refractivity contribution in [2.24, 2.45) is 0 Å². The molecule has 0 aliphatic carbocycles. The first kappa shape index (κ1) is 13.9. The van der Waals surface area contributed by atoms with E-state index < -0.39 is 0 Å².